The Morgan fingerprint density at radius 3 is 2.60 bits per heavy atom. The van der Waals surface area contributed by atoms with Crippen molar-refractivity contribution in [2.45, 2.75) is 33.0 Å². The number of carbonyl (C=O) groups excluding carboxylic acids is 2. The molecule has 1 heterocycles. The van der Waals surface area contributed by atoms with Gasteiger partial charge in [0, 0.05) is 12.1 Å². The van der Waals surface area contributed by atoms with Gasteiger partial charge in [0.15, 0.2) is 12.4 Å². The first-order valence-corrected chi connectivity index (χ1v) is 8.22. The average molecular weight is 343 g/mol. The summed E-state index contributed by atoms with van der Waals surface area (Å²) in [4.78, 5) is 23.6. The highest BCUT2D eigenvalue weighted by molar-refractivity contribution is 5.88. The molecule has 0 saturated heterocycles. The van der Waals surface area contributed by atoms with Gasteiger partial charge in [-0.2, -0.15) is 4.57 Å². The molecule has 0 aliphatic carbocycles. The molecule has 0 radical (unpaired) electrons. The van der Waals surface area contributed by atoms with Gasteiger partial charge in [-0.1, -0.05) is 30.3 Å². The summed E-state index contributed by atoms with van der Waals surface area (Å²) in [6, 6.07) is 13.2. The fourth-order valence-corrected chi connectivity index (χ4v) is 2.33. The molecule has 1 aromatic carbocycles. The molecule has 132 valence electrons. The zero-order chi connectivity index (χ0) is 18.1. The second-order valence-electron chi connectivity index (χ2n) is 5.62. The van der Waals surface area contributed by atoms with Crippen molar-refractivity contribution in [2.24, 2.45) is 0 Å². The summed E-state index contributed by atoms with van der Waals surface area (Å²) in [5.41, 5.74) is 1.55. The Morgan fingerprint density at radius 2 is 1.88 bits per heavy atom. The SMILES string of the molecule is CCOC(=O)c1ccc[n+](COC(=O)N[C@@H](C)Cc2ccccc2)c1. The van der Waals surface area contributed by atoms with Crippen LogP contribution in [0.15, 0.2) is 54.9 Å². The predicted molar refractivity (Wildman–Crippen MR) is 91.8 cm³/mol. The van der Waals surface area contributed by atoms with Crippen molar-refractivity contribution in [2.75, 3.05) is 6.61 Å². The molecule has 0 saturated carbocycles. The number of carbonyl (C=O) groups is 2. The van der Waals surface area contributed by atoms with Crippen LogP contribution in [0.1, 0.15) is 29.8 Å². The smallest absolute Gasteiger partial charge is 0.412 e. The van der Waals surface area contributed by atoms with Crippen molar-refractivity contribution in [3.8, 4) is 0 Å². The lowest BCUT2D eigenvalue weighted by molar-refractivity contribution is -0.727. The second-order valence-corrected chi connectivity index (χ2v) is 5.62. The van der Waals surface area contributed by atoms with Crippen LogP contribution in [0.4, 0.5) is 4.79 Å². The Morgan fingerprint density at radius 1 is 1.12 bits per heavy atom. The minimum atomic E-state index is -0.502. The maximum atomic E-state index is 11.9. The first kappa shape index (κ1) is 18.4. The number of benzene rings is 1. The van der Waals surface area contributed by atoms with Gasteiger partial charge in [-0.15, -0.1) is 0 Å². The van der Waals surface area contributed by atoms with Gasteiger partial charge in [0.2, 0.25) is 0 Å². The minimum absolute atomic E-state index is 0.0110. The van der Waals surface area contributed by atoms with E-state index >= 15 is 0 Å². The fourth-order valence-electron chi connectivity index (χ4n) is 2.33. The van der Waals surface area contributed by atoms with Crippen LogP contribution >= 0.6 is 0 Å². The van der Waals surface area contributed by atoms with Gasteiger partial charge >= 0.3 is 12.1 Å². The maximum absolute atomic E-state index is 11.9. The molecule has 25 heavy (non-hydrogen) atoms. The zero-order valence-corrected chi connectivity index (χ0v) is 14.5. The predicted octanol–water partition coefficient (Wildman–Crippen LogP) is 2.47. The van der Waals surface area contributed by atoms with E-state index in [4.69, 9.17) is 9.47 Å². The van der Waals surface area contributed by atoms with E-state index < -0.39 is 12.1 Å². The van der Waals surface area contributed by atoms with Crippen molar-refractivity contribution in [1.82, 2.24) is 5.32 Å². The number of nitrogens with zero attached hydrogens (tertiary/aromatic N) is 1. The molecule has 2 rings (SSSR count). The summed E-state index contributed by atoms with van der Waals surface area (Å²) in [7, 11) is 0. The van der Waals surface area contributed by atoms with Crippen molar-refractivity contribution in [3.05, 3.63) is 66.0 Å². The van der Waals surface area contributed by atoms with Crippen LogP contribution in [0.3, 0.4) is 0 Å². The van der Waals surface area contributed by atoms with Crippen molar-refractivity contribution in [3.63, 3.8) is 0 Å². The molecule has 1 amide bonds. The van der Waals surface area contributed by atoms with E-state index in [1.807, 2.05) is 37.3 Å². The Bertz CT molecular complexity index is 704. The summed E-state index contributed by atoms with van der Waals surface area (Å²) < 4.78 is 11.7. The lowest BCUT2D eigenvalue weighted by atomic mass is 10.1. The number of nitrogens with one attached hydrogen (secondary N) is 1. The molecule has 1 aromatic heterocycles. The van der Waals surface area contributed by atoms with Crippen LogP contribution in [0.2, 0.25) is 0 Å². The Hall–Kier alpha value is -2.89. The third-order valence-corrected chi connectivity index (χ3v) is 3.46. The molecule has 1 atom stereocenters. The van der Waals surface area contributed by atoms with E-state index in [2.05, 4.69) is 5.32 Å². The summed E-state index contributed by atoms with van der Waals surface area (Å²) in [6.45, 7) is 3.99. The number of hydrogen-bond acceptors (Lipinski definition) is 4. The number of ether oxygens (including phenoxy) is 2. The van der Waals surface area contributed by atoms with Crippen LogP contribution in [0.5, 0.6) is 0 Å². The summed E-state index contributed by atoms with van der Waals surface area (Å²) in [6.07, 6.45) is 3.52. The molecule has 6 nitrogen and oxygen atoms in total. The number of rotatable bonds is 7. The minimum Gasteiger partial charge on any atom is -0.462 e. The molecule has 2 aromatic rings. The number of pyridine rings is 1. The quantitative estimate of drug-likeness (QED) is 0.619. The van der Waals surface area contributed by atoms with Crippen molar-refractivity contribution < 1.29 is 23.6 Å². The van der Waals surface area contributed by atoms with E-state index in [1.54, 1.807) is 36.0 Å². The number of aromatic nitrogens is 1. The number of hydrogen-bond donors (Lipinski definition) is 1. The normalized spacial score (nSPS) is 11.4. The molecule has 0 unspecified atom stereocenters. The molecule has 0 bridgehead atoms. The van der Waals surface area contributed by atoms with Gasteiger partial charge < -0.3 is 14.8 Å². The molecule has 0 aliphatic rings. The summed E-state index contributed by atoms with van der Waals surface area (Å²) in [5.74, 6) is -0.405. The van der Waals surface area contributed by atoms with E-state index in [0.717, 1.165) is 12.0 Å². The zero-order valence-electron chi connectivity index (χ0n) is 14.5. The third kappa shape index (κ3) is 6.25. The average Bonchev–Trinajstić information content (AvgIpc) is 2.61. The third-order valence-electron chi connectivity index (χ3n) is 3.46. The molecule has 0 fully saturated rings. The van der Waals surface area contributed by atoms with Crippen LogP contribution in [-0.2, 0) is 22.6 Å². The first-order chi connectivity index (χ1) is 12.1. The van der Waals surface area contributed by atoms with Gasteiger partial charge in [-0.3, -0.25) is 0 Å². The van der Waals surface area contributed by atoms with E-state index in [0.29, 0.717) is 12.2 Å². The molecule has 0 aliphatic heterocycles. The standard InChI is InChI=1S/C19H22N2O4/c1-3-24-18(22)17-10-7-11-21(13-17)14-25-19(23)20-15(2)12-16-8-5-4-6-9-16/h4-11,13,15H,3,12,14H2,1-2H3/p+1/t15-/m0/s1. The first-order valence-electron chi connectivity index (χ1n) is 8.22. The number of alkyl carbamates (subject to hydrolysis) is 1. The Labute approximate surface area is 147 Å². The van der Waals surface area contributed by atoms with Gasteiger partial charge in [0.05, 0.1) is 6.61 Å². The highest BCUT2D eigenvalue weighted by Gasteiger charge is 2.14. The van der Waals surface area contributed by atoms with E-state index in [1.165, 1.54) is 0 Å². The highest BCUT2D eigenvalue weighted by atomic mass is 16.6. The van der Waals surface area contributed by atoms with Crippen LogP contribution in [-0.4, -0.2) is 24.7 Å². The maximum Gasteiger partial charge on any atom is 0.412 e. The lowest BCUT2D eigenvalue weighted by Crippen LogP contribution is -2.41. The van der Waals surface area contributed by atoms with Crippen LogP contribution < -0.4 is 9.88 Å². The topological polar surface area (TPSA) is 68.5 Å². The number of amides is 1. The Kier molecular flexibility index (Phi) is 6.95. The van der Waals surface area contributed by atoms with Gasteiger partial charge in [-0.05, 0) is 31.9 Å². The van der Waals surface area contributed by atoms with Gasteiger partial charge in [-0.25, -0.2) is 9.59 Å². The number of esters is 1. The Balaban J connectivity index is 1.81. The van der Waals surface area contributed by atoms with Crippen LogP contribution in [0.25, 0.3) is 0 Å². The monoisotopic (exact) mass is 343 g/mol. The van der Waals surface area contributed by atoms with Crippen molar-refractivity contribution in [1.29, 1.82) is 0 Å². The summed E-state index contributed by atoms with van der Waals surface area (Å²) >= 11 is 0. The van der Waals surface area contributed by atoms with E-state index in [-0.39, 0.29) is 12.8 Å². The highest BCUT2D eigenvalue weighted by Crippen LogP contribution is 2.03. The van der Waals surface area contributed by atoms with Gasteiger partial charge in [0.1, 0.15) is 5.56 Å². The largest absolute Gasteiger partial charge is 0.462 e. The molecular formula is C19H23N2O4+. The summed E-state index contributed by atoms with van der Waals surface area (Å²) in [5, 5.41) is 2.79. The van der Waals surface area contributed by atoms with Gasteiger partial charge in [0.25, 0.3) is 6.73 Å². The molecule has 0 spiro atoms. The van der Waals surface area contributed by atoms with E-state index in [9.17, 15) is 9.59 Å². The lowest BCUT2D eigenvalue weighted by Gasteiger charge is -2.13. The second kappa shape index (κ2) is 9.42. The molecule has 6 heteroatoms. The molecule has 1 N–H and O–H groups in total. The molecular weight excluding hydrogens is 320 g/mol. The van der Waals surface area contributed by atoms with Crippen molar-refractivity contribution >= 4 is 12.1 Å². The van der Waals surface area contributed by atoms with Crippen LogP contribution in [0, 0.1) is 0 Å². The fraction of sp³-hybridized carbons (Fsp3) is 0.316.